The Kier molecular flexibility index (Phi) is 4.24. The van der Waals surface area contributed by atoms with Gasteiger partial charge in [-0.15, -0.1) is 0 Å². The first-order valence-corrected chi connectivity index (χ1v) is 7.65. The highest BCUT2D eigenvalue weighted by atomic mass is 32.2. The maximum absolute atomic E-state index is 11.3. The van der Waals surface area contributed by atoms with Gasteiger partial charge in [0.25, 0.3) is 0 Å². The largest absolute Gasteiger partial charge is 0.454 e. The molecule has 1 aliphatic rings. The molecule has 3 atom stereocenters. The zero-order valence-corrected chi connectivity index (χ0v) is 11.8. The van der Waals surface area contributed by atoms with E-state index in [0.717, 1.165) is 23.6 Å². The highest BCUT2D eigenvalue weighted by molar-refractivity contribution is 7.84. The Labute approximate surface area is 110 Å². The number of benzene rings is 1. The average Bonchev–Trinajstić information content (AvgIpc) is 2.82. The summed E-state index contributed by atoms with van der Waals surface area (Å²) in [6.07, 6.45) is 1.73. The zero-order chi connectivity index (χ0) is 13.1. The van der Waals surface area contributed by atoms with Crippen LogP contribution in [0, 0.1) is 0 Å². The fraction of sp³-hybridized carbons (Fsp3) is 0.538. The van der Waals surface area contributed by atoms with Gasteiger partial charge in [-0.2, -0.15) is 0 Å². The van der Waals surface area contributed by atoms with Gasteiger partial charge in [0, 0.05) is 34.9 Å². The molecule has 100 valence electrons. The maximum atomic E-state index is 11.3. The smallest absolute Gasteiger partial charge is 0.231 e. The molecule has 5 heteroatoms. The van der Waals surface area contributed by atoms with Gasteiger partial charge >= 0.3 is 0 Å². The van der Waals surface area contributed by atoms with Gasteiger partial charge in [0.15, 0.2) is 11.5 Å². The van der Waals surface area contributed by atoms with Crippen molar-refractivity contribution in [3.05, 3.63) is 23.8 Å². The van der Waals surface area contributed by atoms with E-state index >= 15 is 0 Å². The van der Waals surface area contributed by atoms with Gasteiger partial charge in [-0.1, -0.05) is 6.07 Å². The van der Waals surface area contributed by atoms with Crippen LogP contribution in [0.5, 0.6) is 11.5 Å². The molecule has 0 amide bonds. The second-order valence-electron chi connectivity index (χ2n) is 4.55. The molecule has 0 saturated carbocycles. The van der Waals surface area contributed by atoms with Gasteiger partial charge < -0.3 is 14.8 Å². The lowest BCUT2D eigenvalue weighted by atomic mass is 10.1. The van der Waals surface area contributed by atoms with E-state index < -0.39 is 10.8 Å². The van der Waals surface area contributed by atoms with Crippen molar-refractivity contribution in [3.8, 4) is 11.5 Å². The predicted octanol–water partition coefficient (Wildman–Crippen LogP) is 1.83. The van der Waals surface area contributed by atoms with Crippen molar-refractivity contribution in [3.63, 3.8) is 0 Å². The fourth-order valence-electron chi connectivity index (χ4n) is 1.76. The molecule has 4 nitrogen and oxygen atoms in total. The van der Waals surface area contributed by atoms with E-state index in [1.807, 2.05) is 25.1 Å². The van der Waals surface area contributed by atoms with Crippen molar-refractivity contribution in [1.29, 1.82) is 0 Å². The summed E-state index contributed by atoms with van der Waals surface area (Å²) >= 11 is 0. The second kappa shape index (κ2) is 5.71. The molecule has 0 fully saturated rings. The van der Waals surface area contributed by atoms with Crippen LogP contribution in [-0.2, 0) is 10.8 Å². The molecule has 18 heavy (non-hydrogen) atoms. The Morgan fingerprint density at radius 1 is 1.33 bits per heavy atom. The monoisotopic (exact) mass is 269 g/mol. The summed E-state index contributed by atoms with van der Waals surface area (Å²) in [5.74, 6) is 1.60. The fourth-order valence-corrected chi connectivity index (χ4v) is 2.09. The molecule has 1 heterocycles. The van der Waals surface area contributed by atoms with Gasteiger partial charge in [0.2, 0.25) is 6.79 Å². The summed E-state index contributed by atoms with van der Waals surface area (Å²) in [6.45, 7) is 5.10. The lowest BCUT2D eigenvalue weighted by Crippen LogP contribution is -2.29. The van der Waals surface area contributed by atoms with E-state index in [1.165, 1.54) is 0 Å². The molecule has 0 aromatic heterocycles. The van der Waals surface area contributed by atoms with Crippen LogP contribution in [0.4, 0.5) is 0 Å². The zero-order valence-electron chi connectivity index (χ0n) is 10.9. The molecule has 1 aliphatic heterocycles. The van der Waals surface area contributed by atoms with Gasteiger partial charge in [-0.25, -0.2) is 0 Å². The van der Waals surface area contributed by atoms with E-state index in [0.29, 0.717) is 6.79 Å². The van der Waals surface area contributed by atoms with Crippen molar-refractivity contribution >= 4 is 10.8 Å². The molecule has 1 aromatic rings. The molecule has 0 unspecified atom stereocenters. The first-order valence-electron chi connectivity index (χ1n) is 6.03. The van der Waals surface area contributed by atoms with Crippen LogP contribution < -0.4 is 14.8 Å². The SMILES string of the molecule is C[C@H](NC[C@@H](C)[S@](C)=O)c1ccc2c(c1)OCO2. The van der Waals surface area contributed by atoms with Crippen LogP contribution >= 0.6 is 0 Å². The van der Waals surface area contributed by atoms with Gasteiger partial charge in [0.1, 0.15) is 0 Å². The van der Waals surface area contributed by atoms with Crippen LogP contribution in [0.3, 0.4) is 0 Å². The average molecular weight is 269 g/mol. The summed E-state index contributed by atoms with van der Waals surface area (Å²) in [6, 6.07) is 6.15. The normalized spacial score (nSPS) is 18.4. The summed E-state index contributed by atoms with van der Waals surface area (Å²) in [5, 5.41) is 3.54. The summed E-state index contributed by atoms with van der Waals surface area (Å²) in [4.78, 5) is 0. The highest BCUT2D eigenvalue weighted by Crippen LogP contribution is 2.34. The van der Waals surface area contributed by atoms with Gasteiger partial charge in [0.05, 0.1) is 0 Å². The molecule has 0 radical (unpaired) electrons. The van der Waals surface area contributed by atoms with E-state index in [4.69, 9.17) is 9.47 Å². The Hall–Kier alpha value is -1.07. The number of ether oxygens (including phenoxy) is 2. The Morgan fingerprint density at radius 2 is 2.06 bits per heavy atom. The lowest BCUT2D eigenvalue weighted by molar-refractivity contribution is 0.174. The van der Waals surface area contributed by atoms with Crippen LogP contribution in [-0.4, -0.2) is 29.1 Å². The van der Waals surface area contributed by atoms with Crippen LogP contribution in [0.1, 0.15) is 25.5 Å². The lowest BCUT2D eigenvalue weighted by Gasteiger charge is -2.17. The standard InChI is InChI=1S/C13H19NO3S/c1-9(18(3)15)7-14-10(2)11-4-5-12-13(6-11)17-8-16-12/h4-6,9-10,14H,7-8H2,1-3H3/t9-,10+,18+/m1/s1. The topological polar surface area (TPSA) is 47.6 Å². The minimum Gasteiger partial charge on any atom is -0.454 e. The van der Waals surface area contributed by atoms with E-state index in [9.17, 15) is 4.21 Å². The molecular weight excluding hydrogens is 250 g/mol. The number of fused-ring (bicyclic) bond motifs is 1. The van der Waals surface area contributed by atoms with Crippen molar-refractivity contribution in [1.82, 2.24) is 5.32 Å². The molecular formula is C13H19NO3S. The third-order valence-corrected chi connectivity index (χ3v) is 4.47. The minimum atomic E-state index is -0.790. The van der Waals surface area contributed by atoms with Crippen LogP contribution in [0.25, 0.3) is 0 Å². The van der Waals surface area contributed by atoms with Crippen LogP contribution in [0.15, 0.2) is 18.2 Å². The van der Waals surface area contributed by atoms with E-state index in [1.54, 1.807) is 6.26 Å². The van der Waals surface area contributed by atoms with E-state index in [2.05, 4.69) is 12.2 Å². The molecule has 0 aliphatic carbocycles. The van der Waals surface area contributed by atoms with Crippen molar-refractivity contribution in [2.75, 3.05) is 19.6 Å². The third kappa shape index (κ3) is 3.03. The number of rotatable bonds is 5. The molecule has 0 spiro atoms. The summed E-state index contributed by atoms with van der Waals surface area (Å²) < 4.78 is 21.9. The minimum absolute atomic E-state index is 0.154. The number of hydrogen-bond acceptors (Lipinski definition) is 4. The van der Waals surface area contributed by atoms with Gasteiger partial charge in [-0.05, 0) is 31.5 Å². The third-order valence-electron chi connectivity index (χ3n) is 3.17. The maximum Gasteiger partial charge on any atom is 0.231 e. The molecule has 2 rings (SSSR count). The molecule has 1 aromatic carbocycles. The predicted molar refractivity (Wildman–Crippen MR) is 72.5 cm³/mol. The summed E-state index contributed by atoms with van der Waals surface area (Å²) in [7, 11) is -0.790. The number of nitrogens with one attached hydrogen (secondary N) is 1. The second-order valence-corrected chi connectivity index (χ2v) is 6.35. The quantitative estimate of drug-likeness (QED) is 0.886. The first kappa shape index (κ1) is 13.4. The summed E-state index contributed by atoms with van der Waals surface area (Å²) in [5.41, 5.74) is 1.15. The van der Waals surface area contributed by atoms with Crippen LogP contribution in [0.2, 0.25) is 0 Å². The Bertz CT molecular complexity index is 450. The highest BCUT2D eigenvalue weighted by Gasteiger charge is 2.16. The molecule has 0 bridgehead atoms. The van der Waals surface area contributed by atoms with Crippen molar-refractivity contribution in [2.45, 2.75) is 25.1 Å². The number of hydrogen-bond donors (Lipinski definition) is 1. The van der Waals surface area contributed by atoms with Gasteiger partial charge in [-0.3, -0.25) is 4.21 Å². The molecule has 0 saturated heterocycles. The van der Waals surface area contributed by atoms with Crippen molar-refractivity contribution in [2.24, 2.45) is 0 Å². The molecule has 1 N–H and O–H groups in total. The Balaban J connectivity index is 1.97. The Morgan fingerprint density at radius 3 is 2.78 bits per heavy atom. The van der Waals surface area contributed by atoms with E-state index in [-0.39, 0.29) is 11.3 Å². The first-order chi connectivity index (χ1) is 8.58. The van der Waals surface area contributed by atoms with Crippen molar-refractivity contribution < 1.29 is 13.7 Å².